The Balaban J connectivity index is 3.30. The molecule has 5 heteroatoms. The first-order valence-electron chi connectivity index (χ1n) is 3.88. The van der Waals surface area contributed by atoms with E-state index in [2.05, 4.69) is 15.9 Å². The average Bonchev–Trinajstić information content (AvgIpc) is 2.07. The highest BCUT2D eigenvalue weighted by molar-refractivity contribution is 9.08. The Hall–Kier alpha value is -0.710. The van der Waals surface area contributed by atoms with E-state index < -0.39 is 11.7 Å². The second-order valence-corrected chi connectivity index (χ2v) is 3.56. The van der Waals surface area contributed by atoms with Crippen molar-refractivity contribution in [3.05, 3.63) is 28.8 Å². The topological polar surface area (TPSA) is 26.0 Å². The van der Waals surface area contributed by atoms with Crippen molar-refractivity contribution in [2.75, 3.05) is 5.73 Å². The zero-order valence-electron chi connectivity index (χ0n) is 7.45. The molecule has 14 heavy (non-hydrogen) atoms. The standard InChI is InChI=1S/C9H9BrF3N/c1-5-2-7(9(11,12)13)3-6(4-10)8(5)14/h2-3H,4,14H2,1H3. The van der Waals surface area contributed by atoms with Crippen molar-refractivity contribution >= 4 is 21.6 Å². The number of alkyl halides is 4. The fourth-order valence-electron chi connectivity index (χ4n) is 1.15. The molecule has 0 fully saturated rings. The lowest BCUT2D eigenvalue weighted by Gasteiger charge is -2.12. The summed E-state index contributed by atoms with van der Waals surface area (Å²) in [5.74, 6) is 0. The van der Waals surface area contributed by atoms with Gasteiger partial charge in [-0.05, 0) is 30.2 Å². The van der Waals surface area contributed by atoms with Crippen molar-refractivity contribution in [2.45, 2.75) is 18.4 Å². The van der Waals surface area contributed by atoms with Gasteiger partial charge in [0.2, 0.25) is 0 Å². The van der Waals surface area contributed by atoms with E-state index in [0.29, 0.717) is 22.1 Å². The molecule has 0 saturated heterocycles. The van der Waals surface area contributed by atoms with Crippen LogP contribution in [0.15, 0.2) is 12.1 Å². The highest BCUT2D eigenvalue weighted by Gasteiger charge is 2.31. The van der Waals surface area contributed by atoms with Gasteiger partial charge in [-0.15, -0.1) is 0 Å². The van der Waals surface area contributed by atoms with Crippen LogP contribution in [-0.4, -0.2) is 0 Å². The summed E-state index contributed by atoms with van der Waals surface area (Å²) in [4.78, 5) is 0. The molecule has 2 N–H and O–H groups in total. The number of nitrogen functional groups attached to an aromatic ring is 1. The molecule has 0 amide bonds. The SMILES string of the molecule is Cc1cc(C(F)(F)F)cc(CBr)c1N. The molecule has 0 aromatic heterocycles. The molecule has 1 aromatic rings. The average molecular weight is 268 g/mol. The maximum atomic E-state index is 12.4. The number of benzene rings is 1. The molecule has 0 aliphatic carbocycles. The molecule has 1 rings (SSSR count). The Labute approximate surface area is 88.2 Å². The fourth-order valence-corrected chi connectivity index (χ4v) is 1.61. The zero-order valence-corrected chi connectivity index (χ0v) is 9.04. The number of nitrogens with two attached hydrogens (primary N) is 1. The lowest BCUT2D eigenvalue weighted by atomic mass is 10.0. The van der Waals surface area contributed by atoms with Gasteiger partial charge in [-0.2, -0.15) is 13.2 Å². The van der Waals surface area contributed by atoms with E-state index in [1.165, 1.54) is 0 Å². The van der Waals surface area contributed by atoms with Crippen molar-refractivity contribution in [2.24, 2.45) is 0 Å². The summed E-state index contributed by atoms with van der Waals surface area (Å²) in [7, 11) is 0. The molecule has 0 unspecified atom stereocenters. The summed E-state index contributed by atoms with van der Waals surface area (Å²) in [6, 6.07) is 2.12. The van der Waals surface area contributed by atoms with Crippen LogP contribution in [0.5, 0.6) is 0 Å². The van der Waals surface area contributed by atoms with Gasteiger partial charge in [0.05, 0.1) is 5.56 Å². The monoisotopic (exact) mass is 267 g/mol. The normalized spacial score (nSPS) is 11.8. The number of hydrogen-bond donors (Lipinski definition) is 1. The van der Waals surface area contributed by atoms with Crippen LogP contribution in [0, 0.1) is 6.92 Å². The van der Waals surface area contributed by atoms with Gasteiger partial charge in [0.1, 0.15) is 0 Å². The summed E-state index contributed by atoms with van der Waals surface area (Å²) in [5.41, 5.74) is 6.29. The summed E-state index contributed by atoms with van der Waals surface area (Å²) in [6.45, 7) is 1.57. The molecule has 0 spiro atoms. The number of anilines is 1. The van der Waals surface area contributed by atoms with Gasteiger partial charge in [0, 0.05) is 11.0 Å². The highest BCUT2D eigenvalue weighted by atomic mass is 79.9. The van der Waals surface area contributed by atoms with E-state index in [1.807, 2.05) is 0 Å². The van der Waals surface area contributed by atoms with Gasteiger partial charge in [0.15, 0.2) is 0 Å². The van der Waals surface area contributed by atoms with Crippen LogP contribution in [0.2, 0.25) is 0 Å². The van der Waals surface area contributed by atoms with Gasteiger partial charge < -0.3 is 5.73 Å². The van der Waals surface area contributed by atoms with Crippen LogP contribution in [-0.2, 0) is 11.5 Å². The molecule has 0 saturated carbocycles. The van der Waals surface area contributed by atoms with Crippen molar-refractivity contribution in [3.8, 4) is 0 Å². The maximum absolute atomic E-state index is 12.4. The van der Waals surface area contributed by atoms with Crippen LogP contribution >= 0.6 is 15.9 Å². The molecular formula is C9H9BrF3N. The van der Waals surface area contributed by atoms with Crippen molar-refractivity contribution < 1.29 is 13.2 Å². The fraction of sp³-hybridized carbons (Fsp3) is 0.333. The Morgan fingerprint density at radius 3 is 2.36 bits per heavy atom. The molecule has 0 atom stereocenters. The predicted octanol–water partition coefficient (Wildman–Crippen LogP) is 3.49. The molecule has 1 aromatic carbocycles. The third kappa shape index (κ3) is 2.20. The highest BCUT2D eigenvalue weighted by Crippen LogP contribution is 2.33. The second-order valence-electron chi connectivity index (χ2n) is 3.00. The molecule has 0 aliphatic heterocycles. The van der Waals surface area contributed by atoms with Crippen LogP contribution in [0.4, 0.5) is 18.9 Å². The summed E-state index contributed by atoms with van der Waals surface area (Å²) in [6.07, 6.45) is -4.31. The number of aryl methyl sites for hydroxylation is 1. The Kier molecular flexibility index (Phi) is 3.09. The van der Waals surface area contributed by atoms with E-state index in [-0.39, 0.29) is 0 Å². The quantitative estimate of drug-likeness (QED) is 0.612. The van der Waals surface area contributed by atoms with Gasteiger partial charge >= 0.3 is 6.18 Å². The van der Waals surface area contributed by atoms with E-state index >= 15 is 0 Å². The Morgan fingerprint density at radius 1 is 1.36 bits per heavy atom. The lowest BCUT2D eigenvalue weighted by Crippen LogP contribution is -2.07. The third-order valence-corrected chi connectivity index (χ3v) is 2.55. The smallest absolute Gasteiger partial charge is 0.398 e. The first kappa shape index (κ1) is 11.4. The molecular weight excluding hydrogens is 259 g/mol. The van der Waals surface area contributed by atoms with Gasteiger partial charge in [-0.25, -0.2) is 0 Å². The largest absolute Gasteiger partial charge is 0.416 e. The van der Waals surface area contributed by atoms with Gasteiger partial charge in [-0.1, -0.05) is 15.9 Å². The molecule has 0 aliphatic rings. The summed E-state index contributed by atoms with van der Waals surface area (Å²) < 4.78 is 37.1. The van der Waals surface area contributed by atoms with Gasteiger partial charge in [-0.3, -0.25) is 0 Å². The van der Waals surface area contributed by atoms with Crippen molar-refractivity contribution in [1.82, 2.24) is 0 Å². The van der Waals surface area contributed by atoms with Crippen LogP contribution < -0.4 is 5.73 Å². The minimum Gasteiger partial charge on any atom is -0.398 e. The van der Waals surface area contributed by atoms with E-state index in [9.17, 15) is 13.2 Å². The van der Waals surface area contributed by atoms with E-state index in [0.717, 1.165) is 12.1 Å². The number of hydrogen-bond acceptors (Lipinski definition) is 1. The second kappa shape index (κ2) is 3.81. The first-order valence-corrected chi connectivity index (χ1v) is 5.00. The van der Waals surface area contributed by atoms with Crippen LogP contribution in [0.3, 0.4) is 0 Å². The minimum absolute atomic E-state index is 0.323. The van der Waals surface area contributed by atoms with E-state index in [1.54, 1.807) is 6.92 Å². The lowest BCUT2D eigenvalue weighted by molar-refractivity contribution is -0.137. The van der Waals surface area contributed by atoms with Gasteiger partial charge in [0.25, 0.3) is 0 Å². The zero-order chi connectivity index (χ0) is 10.9. The molecule has 78 valence electrons. The summed E-state index contributed by atoms with van der Waals surface area (Å²) in [5, 5.41) is 0.323. The van der Waals surface area contributed by atoms with Crippen molar-refractivity contribution in [1.29, 1.82) is 0 Å². The minimum atomic E-state index is -4.31. The maximum Gasteiger partial charge on any atom is 0.416 e. The molecule has 0 heterocycles. The van der Waals surface area contributed by atoms with Crippen LogP contribution in [0.1, 0.15) is 16.7 Å². The first-order chi connectivity index (χ1) is 6.36. The summed E-state index contributed by atoms with van der Waals surface area (Å²) >= 11 is 3.10. The predicted molar refractivity (Wildman–Crippen MR) is 53.2 cm³/mol. The molecule has 0 bridgehead atoms. The Morgan fingerprint density at radius 2 is 1.93 bits per heavy atom. The third-order valence-electron chi connectivity index (χ3n) is 1.94. The number of halogens is 4. The van der Waals surface area contributed by atoms with Crippen LogP contribution in [0.25, 0.3) is 0 Å². The van der Waals surface area contributed by atoms with Crippen molar-refractivity contribution in [3.63, 3.8) is 0 Å². The Bertz CT molecular complexity index is 347. The number of rotatable bonds is 1. The van der Waals surface area contributed by atoms with E-state index in [4.69, 9.17) is 5.73 Å². The molecule has 0 radical (unpaired) electrons. The molecule has 1 nitrogen and oxygen atoms in total.